The van der Waals surface area contributed by atoms with Crippen LogP contribution in [0.1, 0.15) is 40.4 Å². The van der Waals surface area contributed by atoms with E-state index in [2.05, 4.69) is 5.32 Å². The Kier molecular flexibility index (Phi) is 3.93. The molecule has 1 aromatic heterocycles. The van der Waals surface area contributed by atoms with Gasteiger partial charge in [0, 0.05) is 9.75 Å². The first-order valence-corrected chi connectivity index (χ1v) is 6.24. The normalized spacial score (nSPS) is 14.1. The van der Waals surface area contributed by atoms with Crippen molar-refractivity contribution >= 4 is 23.2 Å². The fourth-order valence-electron chi connectivity index (χ4n) is 1.47. The van der Waals surface area contributed by atoms with Crippen molar-refractivity contribution in [2.24, 2.45) is 0 Å². The van der Waals surface area contributed by atoms with Crippen LogP contribution >= 0.6 is 11.3 Å². The molecule has 1 rings (SSSR count). The molecule has 0 aliphatic carbocycles. The Hall–Kier alpha value is -1.36. The fraction of sp³-hybridized carbons (Fsp3) is 0.500. The molecule has 1 aromatic rings. The lowest BCUT2D eigenvalue weighted by Gasteiger charge is -2.24. The van der Waals surface area contributed by atoms with E-state index in [1.807, 2.05) is 13.8 Å². The zero-order valence-electron chi connectivity index (χ0n) is 10.5. The van der Waals surface area contributed by atoms with Crippen LogP contribution in [0.5, 0.6) is 0 Å². The topological polar surface area (TPSA) is 66.4 Å². The van der Waals surface area contributed by atoms with Gasteiger partial charge in [0.05, 0.1) is 5.56 Å². The standard InChI is InChI=1S/C12H17NO3S/c1-5-12(4,11(15)16)13-10(14)9-6-7(2)17-8(9)3/h6H,5H2,1-4H3,(H,13,14)(H,15,16). The molecule has 2 N–H and O–H groups in total. The van der Waals surface area contributed by atoms with Gasteiger partial charge in [-0.05, 0) is 33.3 Å². The van der Waals surface area contributed by atoms with E-state index in [0.717, 1.165) is 9.75 Å². The van der Waals surface area contributed by atoms with Crippen molar-refractivity contribution in [3.63, 3.8) is 0 Å². The van der Waals surface area contributed by atoms with Crippen LogP contribution in [0.3, 0.4) is 0 Å². The summed E-state index contributed by atoms with van der Waals surface area (Å²) in [4.78, 5) is 25.0. The van der Waals surface area contributed by atoms with Gasteiger partial charge < -0.3 is 10.4 Å². The van der Waals surface area contributed by atoms with Crippen molar-refractivity contribution < 1.29 is 14.7 Å². The number of carboxylic acids is 1. The van der Waals surface area contributed by atoms with Crippen molar-refractivity contribution in [3.05, 3.63) is 21.4 Å². The summed E-state index contributed by atoms with van der Waals surface area (Å²) in [6.45, 7) is 7.03. The van der Waals surface area contributed by atoms with Gasteiger partial charge in [-0.1, -0.05) is 6.92 Å². The van der Waals surface area contributed by atoms with Gasteiger partial charge in [0.1, 0.15) is 5.54 Å². The Labute approximate surface area is 105 Å². The lowest BCUT2D eigenvalue weighted by atomic mass is 9.98. The number of rotatable bonds is 4. The number of carboxylic acid groups (broad SMARTS) is 1. The minimum atomic E-state index is -1.21. The SMILES string of the molecule is CCC(C)(NC(=O)c1cc(C)sc1C)C(=O)O. The Bertz CT molecular complexity index is 453. The molecule has 0 saturated carbocycles. The Balaban J connectivity index is 2.93. The Morgan fingerprint density at radius 1 is 1.47 bits per heavy atom. The second-order valence-electron chi connectivity index (χ2n) is 4.27. The van der Waals surface area contributed by atoms with Gasteiger partial charge in [0.25, 0.3) is 5.91 Å². The van der Waals surface area contributed by atoms with Crippen LogP contribution in [-0.4, -0.2) is 22.5 Å². The molecule has 1 heterocycles. The highest BCUT2D eigenvalue weighted by molar-refractivity contribution is 7.12. The first kappa shape index (κ1) is 13.7. The molecule has 0 spiro atoms. The van der Waals surface area contributed by atoms with E-state index in [-0.39, 0.29) is 5.91 Å². The van der Waals surface area contributed by atoms with Crippen LogP contribution in [0.2, 0.25) is 0 Å². The van der Waals surface area contributed by atoms with Crippen molar-refractivity contribution in [3.8, 4) is 0 Å². The van der Waals surface area contributed by atoms with Crippen LogP contribution in [-0.2, 0) is 4.79 Å². The monoisotopic (exact) mass is 255 g/mol. The molecule has 1 amide bonds. The highest BCUT2D eigenvalue weighted by Crippen LogP contribution is 2.21. The zero-order valence-corrected chi connectivity index (χ0v) is 11.3. The summed E-state index contributed by atoms with van der Waals surface area (Å²) in [6.07, 6.45) is 0.343. The van der Waals surface area contributed by atoms with E-state index in [1.165, 1.54) is 18.3 Å². The predicted molar refractivity (Wildman–Crippen MR) is 67.6 cm³/mol. The quantitative estimate of drug-likeness (QED) is 0.868. The highest BCUT2D eigenvalue weighted by atomic mass is 32.1. The van der Waals surface area contributed by atoms with Crippen LogP contribution in [0, 0.1) is 13.8 Å². The maximum Gasteiger partial charge on any atom is 0.329 e. The lowest BCUT2D eigenvalue weighted by Crippen LogP contribution is -2.51. The van der Waals surface area contributed by atoms with E-state index in [4.69, 9.17) is 5.11 Å². The van der Waals surface area contributed by atoms with Crippen LogP contribution in [0.25, 0.3) is 0 Å². The summed E-state index contributed by atoms with van der Waals surface area (Å²) >= 11 is 1.53. The second-order valence-corrected chi connectivity index (χ2v) is 5.73. The van der Waals surface area contributed by atoms with E-state index in [9.17, 15) is 9.59 Å². The maximum absolute atomic E-state index is 12.0. The molecule has 94 valence electrons. The summed E-state index contributed by atoms with van der Waals surface area (Å²) in [6, 6.07) is 1.78. The first-order chi connectivity index (χ1) is 7.80. The summed E-state index contributed by atoms with van der Waals surface area (Å²) in [5.74, 6) is -1.34. The van der Waals surface area contributed by atoms with Gasteiger partial charge in [-0.15, -0.1) is 11.3 Å². The number of thiophene rings is 1. The van der Waals surface area contributed by atoms with Crippen LogP contribution < -0.4 is 5.32 Å². The minimum Gasteiger partial charge on any atom is -0.480 e. The van der Waals surface area contributed by atoms with Gasteiger partial charge in [-0.3, -0.25) is 4.79 Å². The van der Waals surface area contributed by atoms with Crippen molar-refractivity contribution in [1.82, 2.24) is 5.32 Å². The third-order valence-electron chi connectivity index (χ3n) is 2.85. The van der Waals surface area contributed by atoms with Gasteiger partial charge in [0.2, 0.25) is 0 Å². The molecule has 0 aliphatic rings. The highest BCUT2D eigenvalue weighted by Gasteiger charge is 2.33. The van der Waals surface area contributed by atoms with E-state index in [0.29, 0.717) is 12.0 Å². The summed E-state index contributed by atoms with van der Waals surface area (Å²) < 4.78 is 0. The molecule has 1 unspecified atom stereocenters. The number of aryl methyl sites for hydroxylation is 2. The third-order valence-corrected chi connectivity index (χ3v) is 3.82. The largest absolute Gasteiger partial charge is 0.480 e. The first-order valence-electron chi connectivity index (χ1n) is 5.43. The predicted octanol–water partition coefficient (Wildman–Crippen LogP) is 2.35. The average Bonchev–Trinajstić information content (AvgIpc) is 2.57. The van der Waals surface area contributed by atoms with Crippen LogP contribution in [0.4, 0.5) is 0 Å². The molecule has 0 bridgehead atoms. The fourth-order valence-corrected chi connectivity index (χ4v) is 2.39. The summed E-state index contributed by atoms with van der Waals surface area (Å²) in [5.41, 5.74) is -0.646. The summed E-state index contributed by atoms with van der Waals surface area (Å²) in [7, 11) is 0. The smallest absolute Gasteiger partial charge is 0.329 e. The number of aliphatic carboxylic acids is 1. The van der Waals surface area contributed by atoms with Gasteiger partial charge in [0.15, 0.2) is 0 Å². The third kappa shape index (κ3) is 2.85. The number of nitrogens with one attached hydrogen (secondary N) is 1. The van der Waals surface area contributed by atoms with Gasteiger partial charge in [-0.25, -0.2) is 4.79 Å². The molecule has 1 atom stereocenters. The molecular weight excluding hydrogens is 238 g/mol. The van der Waals surface area contributed by atoms with Crippen molar-refractivity contribution in [1.29, 1.82) is 0 Å². The molecule has 0 radical (unpaired) electrons. The summed E-state index contributed by atoms with van der Waals surface area (Å²) in [5, 5.41) is 11.7. The zero-order chi connectivity index (χ0) is 13.2. The molecule has 4 nitrogen and oxygen atoms in total. The lowest BCUT2D eigenvalue weighted by molar-refractivity contribution is -0.143. The number of hydrogen-bond acceptors (Lipinski definition) is 3. The van der Waals surface area contributed by atoms with E-state index < -0.39 is 11.5 Å². The molecule has 0 saturated heterocycles. The molecule has 0 aromatic carbocycles. The number of carbonyl (C=O) groups excluding carboxylic acids is 1. The van der Waals surface area contributed by atoms with E-state index >= 15 is 0 Å². The number of hydrogen-bond donors (Lipinski definition) is 2. The average molecular weight is 255 g/mol. The molecule has 17 heavy (non-hydrogen) atoms. The molecule has 5 heteroatoms. The Morgan fingerprint density at radius 2 is 2.06 bits per heavy atom. The number of amides is 1. The second kappa shape index (κ2) is 4.87. The Morgan fingerprint density at radius 3 is 2.41 bits per heavy atom. The minimum absolute atomic E-state index is 0.321. The van der Waals surface area contributed by atoms with Crippen molar-refractivity contribution in [2.75, 3.05) is 0 Å². The van der Waals surface area contributed by atoms with E-state index in [1.54, 1.807) is 13.0 Å². The van der Waals surface area contributed by atoms with Crippen LogP contribution in [0.15, 0.2) is 6.07 Å². The van der Waals surface area contributed by atoms with Crippen molar-refractivity contribution in [2.45, 2.75) is 39.7 Å². The molecular formula is C12H17NO3S. The van der Waals surface area contributed by atoms with Gasteiger partial charge >= 0.3 is 5.97 Å². The molecule has 0 fully saturated rings. The maximum atomic E-state index is 12.0. The van der Waals surface area contributed by atoms with Gasteiger partial charge in [-0.2, -0.15) is 0 Å². The molecule has 0 aliphatic heterocycles. The number of carbonyl (C=O) groups is 2.